The second-order valence-corrected chi connectivity index (χ2v) is 5.72. The van der Waals surface area contributed by atoms with Crippen LogP contribution < -0.4 is 11.1 Å². The van der Waals surface area contributed by atoms with Crippen LogP contribution in [0.4, 0.5) is 11.5 Å². The lowest BCUT2D eigenvalue weighted by atomic mass is 10.1. The third-order valence-corrected chi connectivity index (χ3v) is 4.12. The number of nitrogens with two attached hydrogens (primary N) is 1. The summed E-state index contributed by atoms with van der Waals surface area (Å²) in [6, 6.07) is 13.4. The van der Waals surface area contributed by atoms with Crippen LogP contribution in [0.1, 0.15) is 27.2 Å². The van der Waals surface area contributed by atoms with Crippen molar-refractivity contribution in [1.29, 1.82) is 0 Å². The maximum absolute atomic E-state index is 12.5. The lowest BCUT2D eigenvalue weighted by molar-refractivity contribution is 0.102. The number of aromatic nitrogens is 3. The summed E-state index contributed by atoms with van der Waals surface area (Å²) in [6.45, 7) is 5.90. The zero-order chi connectivity index (χ0) is 17.3. The molecule has 0 saturated carbocycles. The first kappa shape index (κ1) is 15.7. The first-order valence-electron chi connectivity index (χ1n) is 7.63. The minimum Gasteiger partial charge on any atom is -0.382 e. The molecule has 0 aliphatic rings. The number of amides is 1. The van der Waals surface area contributed by atoms with E-state index >= 15 is 0 Å². The first-order chi connectivity index (χ1) is 11.5. The molecule has 0 saturated heterocycles. The number of rotatable bonds is 3. The zero-order valence-electron chi connectivity index (χ0n) is 13.9. The summed E-state index contributed by atoms with van der Waals surface area (Å²) < 4.78 is 1.48. The van der Waals surface area contributed by atoms with Gasteiger partial charge in [0.2, 0.25) is 0 Å². The van der Waals surface area contributed by atoms with Crippen molar-refractivity contribution in [3.63, 3.8) is 0 Å². The zero-order valence-corrected chi connectivity index (χ0v) is 13.9. The van der Waals surface area contributed by atoms with E-state index in [9.17, 15) is 4.79 Å². The summed E-state index contributed by atoms with van der Waals surface area (Å²) >= 11 is 0. The van der Waals surface area contributed by atoms with E-state index in [2.05, 4.69) is 15.6 Å². The fourth-order valence-corrected chi connectivity index (χ4v) is 2.50. The second-order valence-electron chi connectivity index (χ2n) is 5.72. The third-order valence-electron chi connectivity index (χ3n) is 4.12. The molecular formula is C18H19N5O. The van der Waals surface area contributed by atoms with E-state index in [1.807, 2.05) is 63.2 Å². The van der Waals surface area contributed by atoms with Gasteiger partial charge in [-0.25, -0.2) is 0 Å². The Labute approximate surface area is 140 Å². The minimum absolute atomic E-state index is 0.110. The van der Waals surface area contributed by atoms with E-state index in [1.54, 1.807) is 0 Å². The molecule has 0 fully saturated rings. The molecule has 0 atom stereocenters. The van der Waals surface area contributed by atoms with Gasteiger partial charge < -0.3 is 11.1 Å². The average molecular weight is 321 g/mol. The molecule has 2 aromatic carbocycles. The minimum atomic E-state index is -0.374. The molecule has 0 radical (unpaired) electrons. The van der Waals surface area contributed by atoms with Gasteiger partial charge in [0.05, 0.1) is 5.69 Å². The molecule has 3 N–H and O–H groups in total. The van der Waals surface area contributed by atoms with Gasteiger partial charge in [-0.1, -0.05) is 35.5 Å². The van der Waals surface area contributed by atoms with Crippen molar-refractivity contribution in [1.82, 2.24) is 15.0 Å². The largest absolute Gasteiger partial charge is 0.382 e. The number of hydrogen-bond donors (Lipinski definition) is 2. The Kier molecular flexibility index (Phi) is 4.04. The van der Waals surface area contributed by atoms with Gasteiger partial charge >= 0.3 is 0 Å². The Balaban J connectivity index is 1.92. The monoisotopic (exact) mass is 321 g/mol. The molecule has 0 bridgehead atoms. The maximum Gasteiger partial charge on any atom is 0.280 e. The third kappa shape index (κ3) is 2.74. The van der Waals surface area contributed by atoms with Crippen LogP contribution in [0.15, 0.2) is 42.5 Å². The van der Waals surface area contributed by atoms with Crippen molar-refractivity contribution in [3.8, 4) is 5.69 Å². The van der Waals surface area contributed by atoms with Crippen LogP contribution in [0.5, 0.6) is 0 Å². The van der Waals surface area contributed by atoms with E-state index in [4.69, 9.17) is 5.73 Å². The lowest BCUT2D eigenvalue weighted by Crippen LogP contribution is -2.16. The molecule has 0 spiro atoms. The Hall–Kier alpha value is -3.15. The van der Waals surface area contributed by atoms with Crippen LogP contribution >= 0.6 is 0 Å². The van der Waals surface area contributed by atoms with E-state index in [0.29, 0.717) is 0 Å². The number of hydrogen-bond acceptors (Lipinski definition) is 4. The van der Waals surface area contributed by atoms with Crippen LogP contribution in [0.3, 0.4) is 0 Å². The van der Waals surface area contributed by atoms with E-state index < -0.39 is 0 Å². The summed E-state index contributed by atoms with van der Waals surface area (Å²) in [5.41, 5.74) is 10.9. The number of nitrogens with one attached hydrogen (secondary N) is 1. The SMILES string of the molecule is Cc1ccccc1-n1nnc(C(=O)Nc2cccc(C)c2C)c1N. The lowest BCUT2D eigenvalue weighted by Gasteiger charge is -2.10. The molecule has 3 rings (SSSR count). The fraction of sp³-hybridized carbons (Fsp3) is 0.167. The van der Waals surface area contributed by atoms with Gasteiger partial charge in [0, 0.05) is 5.69 Å². The highest BCUT2D eigenvalue weighted by molar-refractivity contribution is 6.06. The van der Waals surface area contributed by atoms with Crippen LogP contribution in [0, 0.1) is 20.8 Å². The van der Waals surface area contributed by atoms with Gasteiger partial charge in [0.25, 0.3) is 5.91 Å². The van der Waals surface area contributed by atoms with E-state index in [-0.39, 0.29) is 17.4 Å². The molecular weight excluding hydrogens is 302 g/mol. The molecule has 122 valence electrons. The molecule has 0 aliphatic carbocycles. The molecule has 6 nitrogen and oxygen atoms in total. The average Bonchev–Trinajstić information content (AvgIpc) is 2.94. The Morgan fingerprint density at radius 3 is 2.50 bits per heavy atom. The normalized spacial score (nSPS) is 10.6. The first-order valence-corrected chi connectivity index (χ1v) is 7.63. The van der Waals surface area contributed by atoms with Crippen LogP contribution in [0.2, 0.25) is 0 Å². The number of aryl methyl sites for hydroxylation is 2. The topological polar surface area (TPSA) is 85.8 Å². The van der Waals surface area contributed by atoms with Crippen LogP contribution in [-0.4, -0.2) is 20.9 Å². The quantitative estimate of drug-likeness (QED) is 0.776. The smallest absolute Gasteiger partial charge is 0.280 e. The van der Waals surface area contributed by atoms with Gasteiger partial charge in [0.1, 0.15) is 0 Å². The number of anilines is 2. The maximum atomic E-state index is 12.5. The molecule has 1 aromatic heterocycles. The van der Waals surface area contributed by atoms with Crippen LogP contribution in [-0.2, 0) is 0 Å². The van der Waals surface area contributed by atoms with Crippen molar-refractivity contribution in [2.45, 2.75) is 20.8 Å². The molecule has 24 heavy (non-hydrogen) atoms. The number of benzene rings is 2. The number of carbonyl (C=O) groups is 1. The predicted octanol–water partition coefficient (Wildman–Crippen LogP) is 3.03. The van der Waals surface area contributed by atoms with Gasteiger partial charge in [-0.05, 0) is 49.6 Å². The van der Waals surface area contributed by atoms with E-state index in [1.165, 1.54) is 4.68 Å². The molecule has 1 amide bonds. The molecule has 0 aliphatic heterocycles. The summed E-state index contributed by atoms with van der Waals surface area (Å²) in [4.78, 5) is 12.5. The van der Waals surface area contributed by atoms with Crippen molar-refractivity contribution < 1.29 is 4.79 Å². The number of nitrogens with zero attached hydrogens (tertiary/aromatic N) is 3. The van der Waals surface area contributed by atoms with Crippen molar-refractivity contribution in [2.24, 2.45) is 0 Å². The van der Waals surface area contributed by atoms with Crippen molar-refractivity contribution in [2.75, 3.05) is 11.1 Å². The molecule has 1 heterocycles. The molecule has 3 aromatic rings. The Morgan fingerprint density at radius 1 is 1.04 bits per heavy atom. The standard InChI is InChI=1S/C18H19N5O/c1-11-8-6-9-14(13(11)3)20-18(24)16-17(19)23(22-21-16)15-10-5-4-7-12(15)2/h4-10H,19H2,1-3H3,(H,20,24). The summed E-state index contributed by atoms with van der Waals surface area (Å²) in [7, 11) is 0. The predicted molar refractivity (Wildman–Crippen MR) is 94.4 cm³/mol. The van der Waals surface area contributed by atoms with E-state index in [0.717, 1.165) is 28.1 Å². The van der Waals surface area contributed by atoms with Gasteiger partial charge in [0.15, 0.2) is 11.5 Å². The number of para-hydroxylation sites is 1. The fourth-order valence-electron chi connectivity index (χ4n) is 2.50. The number of carbonyl (C=O) groups excluding carboxylic acids is 1. The number of nitrogen functional groups attached to an aromatic ring is 1. The highest BCUT2D eigenvalue weighted by Gasteiger charge is 2.19. The van der Waals surface area contributed by atoms with Gasteiger partial charge in [-0.2, -0.15) is 4.68 Å². The van der Waals surface area contributed by atoms with Gasteiger partial charge in [-0.3, -0.25) is 4.79 Å². The summed E-state index contributed by atoms with van der Waals surface area (Å²) in [5.74, 6) is -0.159. The molecule has 6 heteroatoms. The summed E-state index contributed by atoms with van der Waals surface area (Å²) in [5, 5.41) is 10.8. The second kappa shape index (κ2) is 6.16. The van der Waals surface area contributed by atoms with Crippen molar-refractivity contribution >= 4 is 17.4 Å². The molecule has 0 unspecified atom stereocenters. The Bertz CT molecular complexity index is 914. The highest BCUT2D eigenvalue weighted by Crippen LogP contribution is 2.21. The van der Waals surface area contributed by atoms with Gasteiger partial charge in [-0.15, -0.1) is 5.10 Å². The summed E-state index contributed by atoms with van der Waals surface area (Å²) in [6.07, 6.45) is 0. The Morgan fingerprint density at radius 2 is 1.75 bits per heavy atom. The highest BCUT2D eigenvalue weighted by atomic mass is 16.2. The van der Waals surface area contributed by atoms with Crippen molar-refractivity contribution in [3.05, 3.63) is 64.8 Å². The van der Waals surface area contributed by atoms with Crippen LogP contribution in [0.25, 0.3) is 5.69 Å².